The molecule has 2 aromatic rings. The van der Waals surface area contributed by atoms with Crippen molar-refractivity contribution in [3.05, 3.63) is 23.1 Å². The van der Waals surface area contributed by atoms with Gasteiger partial charge in [0.25, 0.3) is 0 Å². The van der Waals surface area contributed by atoms with Crippen molar-refractivity contribution in [3.63, 3.8) is 0 Å². The minimum atomic E-state index is -4.33. The molecule has 2 aromatic heterocycles. The Morgan fingerprint density at radius 2 is 1.94 bits per heavy atom. The van der Waals surface area contributed by atoms with E-state index in [0.29, 0.717) is 17.6 Å². The molecule has 0 amide bonds. The van der Waals surface area contributed by atoms with Crippen molar-refractivity contribution < 1.29 is 34.0 Å². The fourth-order valence-corrected chi connectivity index (χ4v) is 4.68. The normalized spacial score (nSPS) is 27.4. The molecule has 2 fully saturated rings. The second-order valence-electron chi connectivity index (χ2n) is 8.04. The predicted octanol–water partition coefficient (Wildman–Crippen LogP) is 0.921. The number of anilines is 1. The third-order valence-electron chi connectivity index (χ3n) is 5.67. The fourth-order valence-electron chi connectivity index (χ4n) is 4.17. The molecule has 31 heavy (non-hydrogen) atoms. The van der Waals surface area contributed by atoms with E-state index < -0.39 is 38.4 Å². The Bertz CT molecular complexity index is 964. The van der Waals surface area contributed by atoms with E-state index in [0.717, 1.165) is 18.4 Å². The SMILES string of the molecule is O=P(O)(O)COC[C@H]1O[C@H](Cc2ccc3c(NC4CCCC4)nc(Cl)nn23)[C@H](O)[C@@H]1O. The lowest BCUT2D eigenvalue weighted by Crippen LogP contribution is -2.35. The van der Waals surface area contributed by atoms with Crippen molar-refractivity contribution in [3.8, 4) is 0 Å². The minimum Gasteiger partial charge on any atom is -0.388 e. The van der Waals surface area contributed by atoms with E-state index >= 15 is 0 Å². The number of hydrogen-bond acceptors (Lipinski definition) is 8. The zero-order chi connectivity index (χ0) is 22.2. The standard InChI is InChI=1S/C18H26ClN4O7P/c19-18-21-17(20-10-3-1-2-4-10)12-6-5-11(23(12)22-18)7-13-15(24)16(25)14(30-13)8-29-9-31(26,27)28/h5-6,10,13-16,24-25H,1-4,7-9H2,(H,20,21,22)(H2,26,27,28)/t13-,14-,15+,16-/m1/s1. The average Bonchev–Trinajstić information content (AvgIpc) is 3.39. The first-order valence-corrected chi connectivity index (χ1v) is 12.3. The third-order valence-corrected chi connectivity index (χ3v) is 6.35. The molecule has 0 spiro atoms. The molecule has 0 radical (unpaired) electrons. The van der Waals surface area contributed by atoms with Gasteiger partial charge in [-0.2, -0.15) is 4.98 Å². The van der Waals surface area contributed by atoms with Gasteiger partial charge in [-0.3, -0.25) is 4.57 Å². The number of ether oxygens (including phenoxy) is 2. The summed E-state index contributed by atoms with van der Waals surface area (Å²) in [6, 6.07) is 4.04. The van der Waals surface area contributed by atoms with E-state index in [4.69, 9.17) is 30.9 Å². The van der Waals surface area contributed by atoms with E-state index in [1.165, 1.54) is 12.8 Å². The summed E-state index contributed by atoms with van der Waals surface area (Å²) in [5.41, 5.74) is 1.46. The molecule has 2 aliphatic rings. The van der Waals surface area contributed by atoms with Gasteiger partial charge in [-0.1, -0.05) is 12.8 Å². The second kappa shape index (κ2) is 9.29. The van der Waals surface area contributed by atoms with Gasteiger partial charge in [0, 0.05) is 18.2 Å². The highest BCUT2D eigenvalue weighted by Gasteiger charge is 2.43. The molecule has 172 valence electrons. The second-order valence-corrected chi connectivity index (χ2v) is 9.97. The lowest BCUT2D eigenvalue weighted by atomic mass is 10.0. The van der Waals surface area contributed by atoms with Crippen LogP contribution in [0.4, 0.5) is 5.82 Å². The van der Waals surface area contributed by atoms with Crippen LogP contribution >= 0.6 is 19.2 Å². The van der Waals surface area contributed by atoms with Gasteiger partial charge >= 0.3 is 7.60 Å². The smallest absolute Gasteiger partial charge is 0.350 e. The Kier molecular flexibility index (Phi) is 6.85. The van der Waals surface area contributed by atoms with Crippen molar-refractivity contribution in [2.45, 2.75) is 62.6 Å². The van der Waals surface area contributed by atoms with Crippen LogP contribution in [0.3, 0.4) is 0 Å². The average molecular weight is 477 g/mol. The van der Waals surface area contributed by atoms with Crippen LogP contribution in [0, 0.1) is 0 Å². The quantitative estimate of drug-likeness (QED) is 0.347. The number of aliphatic hydroxyl groups excluding tert-OH is 2. The van der Waals surface area contributed by atoms with Crippen LogP contribution in [-0.4, -0.2) is 78.0 Å². The van der Waals surface area contributed by atoms with Crippen LogP contribution in [0.5, 0.6) is 0 Å². The summed E-state index contributed by atoms with van der Waals surface area (Å²) in [5.74, 6) is 0.648. The van der Waals surface area contributed by atoms with E-state index in [9.17, 15) is 14.8 Å². The van der Waals surface area contributed by atoms with Gasteiger partial charge < -0.3 is 34.8 Å². The monoisotopic (exact) mass is 476 g/mol. The number of nitrogens with one attached hydrogen (secondary N) is 1. The Morgan fingerprint density at radius 3 is 2.65 bits per heavy atom. The van der Waals surface area contributed by atoms with Gasteiger partial charge in [-0.15, -0.1) is 5.10 Å². The van der Waals surface area contributed by atoms with Crippen molar-refractivity contribution in [1.82, 2.24) is 14.6 Å². The van der Waals surface area contributed by atoms with Crippen LogP contribution in [0.1, 0.15) is 31.4 Å². The van der Waals surface area contributed by atoms with E-state index in [2.05, 4.69) is 15.4 Å². The number of nitrogens with zero attached hydrogens (tertiary/aromatic N) is 3. The van der Waals surface area contributed by atoms with Crippen molar-refractivity contribution in [2.24, 2.45) is 0 Å². The van der Waals surface area contributed by atoms with Crippen molar-refractivity contribution >= 4 is 30.5 Å². The zero-order valence-corrected chi connectivity index (χ0v) is 18.3. The maximum Gasteiger partial charge on any atom is 0.350 e. The molecule has 1 aliphatic heterocycles. The molecule has 0 aromatic carbocycles. The first-order chi connectivity index (χ1) is 14.7. The summed E-state index contributed by atoms with van der Waals surface area (Å²) < 4.78 is 23.2. The van der Waals surface area contributed by atoms with Crippen LogP contribution in [0.25, 0.3) is 5.52 Å². The summed E-state index contributed by atoms with van der Waals surface area (Å²) in [6.07, 6.45) is -0.137. The molecule has 1 saturated carbocycles. The molecule has 3 heterocycles. The summed E-state index contributed by atoms with van der Waals surface area (Å²) >= 11 is 6.14. The molecule has 5 N–H and O–H groups in total. The van der Waals surface area contributed by atoms with Crippen molar-refractivity contribution in [1.29, 1.82) is 0 Å². The van der Waals surface area contributed by atoms with E-state index in [-0.39, 0.29) is 18.3 Å². The molecular formula is C18H26ClN4O7P. The summed E-state index contributed by atoms with van der Waals surface area (Å²) in [6.45, 7) is -0.252. The first-order valence-electron chi connectivity index (χ1n) is 10.2. The molecule has 1 saturated heterocycles. The topological polar surface area (TPSA) is 159 Å². The third kappa shape index (κ3) is 5.37. The predicted molar refractivity (Wildman–Crippen MR) is 111 cm³/mol. The molecule has 1 aliphatic carbocycles. The number of fused-ring (bicyclic) bond motifs is 1. The summed E-state index contributed by atoms with van der Waals surface area (Å²) in [4.78, 5) is 22.1. The summed E-state index contributed by atoms with van der Waals surface area (Å²) in [5, 5.41) is 28.4. The zero-order valence-electron chi connectivity index (χ0n) is 16.7. The van der Waals surface area contributed by atoms with Crippen LogP contribution in [0.2, 0.25) is 5.28 Å². The highest BCUT2D eigenvalue weighted by atomic mass is 35.5. The number of rotatable bonds is 8. The van der Waals surface area contributed by atoms with Gasteiger partial charge in [0.15, 0.2) is 5.82 Å². The van der Waals surface area contributed by atoms with E-state index in [1.54, 1.807) is 4.52 Å². The number of hydrogen-bond donors (Lipinski definition) is 5. The maximum atomic E-state index is 10.9. The Labute approximate surface area is 183 Å². The van der Waals surface area contributed by atoms with Gasteiger partial charge in [0.2, 0.25) is 5.28 Å². The molecule has 11 nitrogen and oxygen atoms in total. The lowest BCUT2D eigenvalue weighted by molar-refractivity contribution is -0.0381. The van der Waals surface area contributed by atoms with E-state index in [1.807, 2.05) is 12.1 Å². The molecule has 4 rings (SSSR count). The maximum absolute atomic E-state index is 10.9. The minimum absolute atomic E-state index is 0.0853. The fraction of sp³-hybridized carbons (Fsp3) is 0.667. The Hall–Kier alpha value is -1.30. The Balaban J connectivity index is 1.46. The van der Waals surface area contributed by atoms with Gasteiger partial charge in [-0.25, -0.2) is 4.52 Å². The highest BCUT2D eigenvalue weighted by molar-refractivity contribution is 7.51. The molecule has 0 bridgehead atoms. The molecule has 4 atom stereocenters. The lowest BCUT2D eigenvalue weighted by Gasteiger charge is -2.16. The van der Waals surface area contributed by atoms with Crippen LogP contribution in [-0.2, 0) is 20.5 Å². The largest absolute Gasteiger partial charge is 0.388 e. The summed E-state index contributed by atoms with van der Waals surface area (Å²) in [7, 11) is -4.33. The number of aliphatic hydroxyl groups is 2. The highest BCUT2D eigenvalue weighted by Crippen LogP contribution is 2.34. The van der Waals surface area contributed by atoms with Gasteiger partial charge in [0.05, 0.1) is 12.7 Å². The van der Waals surface area contributed by atoms with Crippen LogP contribution < -0.4 is 5.32 Å². The Morgan fingerprint density at radius 1 is 1.23 bits per heavy atom. The van der Waals surface area contributed by atoms with Gasteiger partial charge in [-0.05, 0) is 36.6 Å². The molecule has 13 heteroatoms. The van der Waals surface area contributed by atoms with Gasteiger partial charge in [0.1, 0.15) is 30.2 Å². The van der Waals surface area contributed by atoms with Crippen molar-refractivity contribution in [2.75, 3.05) is 18.3 Å². The molecular weight excluding hydrogens is 451 g/mol. The number of halogens is 1. The first kappa shape index (κ1) is 22.9. The van der Waals surface area contributed by atoms with Crippen LogP contribution in [0.15, 0.2) is 12.1 Å². The number of aromatic nitrogens is 3. The molecule has 0 unspecified atom stereocenters.